The van der Waals surface area contributed by atoms with Gasteiger partial charge in [0.05, 0.1) is 36.8 Å². The highest BCUT2D eigenvalue weighted by molar-refractivity contribution is 5.99. The maximum atomic E-state index is 13.4. The molecule has 3 heterocycles. The van der Waals surface area contributed by atoms with Crippen molar-refractivity contribution in [3.05, 3.63) is 81.2 Å². The molecule has 0 bridgehead atoms. The Labute approximate surface area is 181 Å². The summed E-state index contributed by atoms with van der Waals surface area (Å²) in [6.45, 7) is 7.18. The first-order valence-electron chi connectivity index (χ1n) is 11.0. The average molecular weight is 420 g/mol. The summed E-state index contributed by atoms with van der Waals surface area (Å²) >= 11 is 0. The highest BCUT2D eigenvalue weighted by atomic mass is 16.5. The van der Waals surface area contributed by atoms with Crippen LogP contribution in [0.25, 0.3) is 11.0 Å². The van der Waals surface area contributed by atoms with Gasteiger partial charge in [-0.15, -0.1) is 0 Å². The molecule has 0 radical (unpaired) electrons. The molecule has 0 unspecified atom stereocenters. The minimum absolute atomic E-state index is 0.114. The van der Waals surface area contributed by atoms with Crippen molar-refractivity contribution < 1.29 is 18.8 Å². The maximum Gasteiger partial charge on any atom is 0.290 e. The summed E-state index contributed by atoms with van der Waals surface area (Å²) in [5.74, 6) is -0.00611. The fourth-order valence-electron chi connectivity index (χ4n) is 4.70. The SMILES string of the molecule is Cc1ccc([C@H]2c3c(oc4ccccc4c3=O)C(=O)N2CCC[NH+]2CCOCC2)cc1. The third-order valence-corrected chi connectivity index (χ3v) is 6.40. The molecule has 6 heteroatoms. The maximum absolute atomic E-state index is 13.4. The van der Waals surface area contributed by atoms with Crippen LogP contribution in [0.15, 0.2) is 57.7 Å². The first-order valence-corrected chi connectivity index (χ1v) is 11.0. The molecule has 1 N–H and O–H groups in total. The number of ether oxygens (including phenoxy) is 1. The van der Waals surface area contributed by atoms with Crippen molar-refractivity contribution in [3.8, 4) is 0 Å². The van der Waals surface area contributed by atoms with Gasteiger partial charge in [-0.1, -0.05) is 42.0 Å². The number of carbonyl (C=O) groups excluding carboxylic acids is 1. The molecular formula is C25H27N2O4+. The molecule has 0 saturated carbocycles. The molecule has 1 aromatic heterocycles. The van der Waals surface area contributed by atoms with Crippen LogP contribution in [0.5, 0.6) is 0 Å². The third-order valence-electron chi connectivity index (χ3n) is 6.40. The van der Waals surface area contributed by atoms with Gasteiger partial charge in [0.2, 0.25) is 5.76 Å². The zero-order valence-corrected chi connectivity index (χ0v) is 17.7. The number of aryl methyl sites for hydroxylation is 1. The van der Waals surface area contributed by atoms with Crippen LogP contribution in [0, 0.1) is 6.92 Å². The summed E-state index contributed by atoms with van der Waals surface area (Å²) < 4.78 is 11.4. The summed E-state index contributed by atoms with van der Waals surface area (Å²) in [7, 11) is 0. The fraction of sp³-hybridized carbons (Fsp3) is 0.360. The predicted molar refractivity (Wildman–Crippen MR) is 118 cm³/mol. The molecule has 6 nitrogen and oxygen atoms in total. The Morgan fingerprint density at radius 1 is 1.03 bits per heavy atom. The number of carbonyl (C=O) groups is 1. The lowest BCUT2D eigenvalue weighted by Crippen LogP contribution is -3.14. The lowest BCUT2D eigenvalue weighted by atomic mass is 9.97. The molecular weight excluding hydrogens is 392 g/mol. The first-order chi connectivity index (χ1) is 15.1. The molecule has 0 spiro atoms. The Hall–Kier alpha value is -2.96. The van der Waals surface area contributed by atoms with E-state index >= 15 is 0 Å². The second kappa shape index (κ2) is 8.29. The van der Waals surface area contributed by atoms with E-state index in [4.69, 9.17) is 9.15 Å². The Balaban J connectivity index is 1.52. The van der Waals surface area contributed by atoms with Gasteiger partial charge in [-0.05, 0) is 24.6 Å². The minimum atomic E-state index is -0.413. The van der Waals surface area contributed by atoms with Gasteiger partial charge >= 0.3 is 0 Å². The Morgan fingerprint density at radius 2 is 1.77 bits per heavy atom. The molecule has 2 aromatic carbocycles. The number of amides is 1. The number of hydrogen-bond acceptors (Lipinski definition) is 4. The van der Waals surface area contributed by atoms with E-state index in [0.29, 0.717) is 23.1 Å². The molecule has 1 saturated heterocycles. The zero-order chi connectivity index (χ0) is 21.4. The Kier molecular flexibility index (Phi) is 5.34. The monoisotopic (exact) mass is 419 g/mol. The molecule has 2 aliphatic rings. The lowest BCUT2D eigenvalue weighted by Gasteiger charge is -2.27. The molecule has 1 fully saturated rings. The van der Waals surface area contributed by atoms with Crippen molar-refractivity contribution in [1.29, 1.82) is 0 Å². The predicted octanol–water partition coefficient (Wildman–Crippen LogP) is 1.95. The van der Waals surface area contributed by atoms with E-state index < -0.39 is 6.04 Å². The number of nitrogens with one attached hydrogen (secondary N) is 1. The molecule has 1 atom stereocenters. The highest BCUT2D eigenvalue weighted by Gasteiger charge is 2.42. The summed E-state index contributed by atoms with van der Waals surface area (Å²) in [4.78, 5) is 30.1. The van der Waals surface area contributed by atoms with E-state index in [1.807, 2.05) is 48.2 Å². The number of fused-ring (bicyclic) bond motifs is 2. The van der Waals surface area contributed by atoms with Gasteiger partial charge in [0.1, 0.15) is 18.7 Å². The second-order valence-corrected chi connectivity index (χ2v) is 8.45. The van der Waals surface area contributed by atoms with Gasteiger partial charge in [0.15, 0.2) is 5.43 Å². The van der Waals surface area contributed by atoms with Gasteiger partial charge in [-0.3, -0.25) is 9.59 Å². The van der Waals surface area contributed by atoms with Crippen molar-refractivity contribution in [2.45, 2.75) is 19.4 Å². The minimum Gasteiger partial charge on any atom is -0.450 e. The standard InChI is InChI=1S/C25H26N2O4/c1-17-7-9-18(10-8-17)22-21-23(28)19-5-2-3-6-20(19)31-24(21)25(29)27(22)12-4-11-26-13-15-30-16-14-26/h2-3,5-10,22H,4,11-16H2,1H3/p+1/t22-/m0/s1. The fourth-order valence-corrected chi connectivity index (χ4v) is 4.70. The summed E-state index contributed by atoms with van der Waals surface area (Å²) in [6.07, 6.45) is 0.866. The largest absolute Gasteiger partial charge is 0.450 e. The van der Waals surface area contributed by atoms with E-state index in [1.165, 1.54) is 4.90 Å². The summed E-state index contributed by atoms with van der Waals surface area (Å²) in [6, 6.07) is 14.8. The van der Waals surface area contributed by atoms with Crippen molar-refractivity contribution in [3.63, 3.8) is 0 Å². The topological polar surface area (TPSA) is 64.2 Å². The molecule has 31 heavy (non-hydrogen) atoms. The van der Waals surface area contributed by atoms with Crippen LogP contribution >= 0.6 is 0 Å². The number of morpholine rings is 1. The average Bonchev–Trinajstić information content (AvgIpc) is 3.07. The van der Waals surface area contributed by atoms with Crippen LogP contribution < -0.4 is 10.3 Å². The second-order valence-electron chi connectivity index (χ2n) is 8.45. The zero-order valence-electron chi connectivity index (χ0n) is 17.7. The van der Waals surface area contributed by atoms with Gasteiger partial charge in [-0.2, -0.15) is 0 Å². The number of benzene rings is 2. The van der Waals surface area contributed by atoms with Crippen LogP contribution in [0.2, 0.25) is 0 Å². The number of quaternary nitrogens is 1. The molecule has 2 aliphatic heterocycles. The highest BCUT2D eigenvalue weighted by Crippen LogP contribution is 2.38. The number of nitrogens with zero attached hydrogens (tertiary/aromatic N) is 1. The van der Waals surface area contributed by atoms with Crippen LogP contribution in [0.3, 0.4) is 0 Å². The number of para-hydroxylation sites is 1. The smallest absolute Gasteiger partial charge is 0.290 e. The summed E-state index contributed by atoms with van der Waals surface area (Å²) in [5.41, 5.74) is 2.89. The van der Waals surface area contributed by atoms with Crippen molar-refractivity contribution in [2.75, 3.05) is 39.4 Å². The first kappa shape index (κ1) is 20.0. The molecule has 160 valence electrons. The molecule has 3 aromatic rings. The van der Waals surface area contributed by atoms with Gasteiger partial charge in [0.25, 0.3) is 5.91 Å². The molecule has 1 amide bonds. The third kappa shape index (κ3) is 3.66. The van der Waals surface area contributed by atoms with Crippen molar-refractivity contribution >= 4 is 16.9 Å². The van der Waals surface area contributed by atoms with Gasteiger partial charge in [-0.25, -0.2) is 0 Å². The van der Waals surface area contributed by atoms with E-state index in [9.17, 15) is 9.59 Å². The van der Waals surface area contributed by atoms with Crippen molar-refractivity contribution in [1.82, 2.24) is 4.90 Å². The van der Waals surface area contributed by atoms with E-state index in [1.54, 1.807) is 12.1 Å². The summed E-state index contributed by atoms with van der Waals surface area (Å²) in [5, 5.41) is 0.519. The van der Waals surface area contributed by atoms with E-state index in [-0.39, 0.29) is 17.1 Å². The Bertz CT molecular complexity index is 1160. The normalized spacial score (nSPS) is 19.2. The van der Waals surface area contributed by atoms with E-state index in [2.05, 4.69) is 0 Å². The Morgan fingerprint density at radius 3 is 2.55 bits per heavy atom. The van der Waals surface area contributed by atoms with Gasteiger partial charge < -0.3 is 19.0 Å². The van der Waals surface area contributed by atoms with Crippen LogP contribution in [-0.4, -0.2) is 50.2 Å². The van der Waals surface area contributed by atoms with Crippen LogP contribution in [-0.2, 0) is 4.74 Å². The number of hydrogen-bond donors (Lipinski definition) is 1. The van der Waals surface area contributed by atoms with Gasteiger partial charge in [0, 0.05) is 13.0 Å². The number of rotatable bonds is 5. The van der Waals surface area contributed by atoms with E-state index in [0.717, 1.165) is 50.4 Å². The van der Waals surface area contributed by atoms with Crippen molar-refractivity contribution in [2.24, 2.45) is 0 Å². The quantitative estimate of drug-likeness (QED) is 0.687. The lowest BCUT2D eigenvalue weighted by molar-refractivity contribution is -0.908. The molecule has 5 rings (SSSR count). The van der Waals surface area contributed by atoms with Crippen LogP contribution in [0.4, 0.5) is 0 Å². The van der Waals surface area contributed by atoms with Crippen LogP contribution in [0.1, 0.15) is 39.7 Å². The molecule has 0 aliphatic carbocycles.